The van der Waals surface area contributed by atoms with E-state index in [0.717, 1.165) is 6.42 Å². The summed E-state index contributed by atoms with van der Waals surface area (Å²) in [5.74, 6) is -0.948. The van der Waals surface area contributed by atoms with Crippen molar-refractivity contribution in [3.63, 3.8) is 0 Å². The Morgan fingerprint density at radius 3 is 2.60 bits per heavy atom. The molecule has 1 unspecified atom stereocenters. The van der Waals surface area contributed by atoms with Crippen molar-refractivity contribution in [2.75, 3.05) is 6.61 Å². The third kappa shape index (κ3) is 4.49. The Kier molecular flexibility index (Phi) is 6.45. The van der Waals surface area contributed by atoms with E-state index in [2.05, 4.69) is 0 Å². The Morgan fingerprint density at radius 1 is 1.40 bits per heavy atom. The Bertz CT molecular complexity index is 449. The van der Waals surface area contributed by atoms with Crippen molar-refractivity contribution in [2.45, 2.75) is 45.8 Å². The summed E-state index contributed by atoms with van der Waals surface area (Å²) in [5, 5.41) is 0. The molecule has 20 heavy (non-hydrogen) atoms. The van der Waals surface area contributed by atoms with Gasteiger partial charge in [0.25, 0.3) is 0 Å². The van der Waals surface area contributed by atoms with Crippen LogP contribution in [0.3, 0.4) is 0 Å². The van der Waals surface area contributed by atoms with Gasteiger partial charge in [0.05, 0.1) is 6.61 Å². The van der Waals surface area contributed by atoms with E-state index in [9.17, 15) is 9.18 Å². The molecule has 0 amide bonds. The van der Waals surface area contributed by atoms with Crippen LogP contribution in [0.5, 0.6) is 5.75 Å². The third-order valence-electron chi connectivity index (χ3n) is 2.85. The molecule has 2 N–H and O–H groups in total. The Balaban J connectivity index is 2.85. The number of hydrogen-bond acceptors (Lipinski definition) is 4. The van der Waals surface area contributed by atoms with E-state index >= 15 is 0 Å². The van der Waals surface area contributed by atoms with Gasteiger partial charge in [-0.2, -0.15) is 0 Å². The topological polar surface area (TPSA) is 61.5 Å². The van der Waals surface area contributed by atoms with Crippen LogP contribution >= 0.6 is 0 Å². The normalized spacial score (nSPS) is 13.7. The van der Waals surface area contributed by atoms with Gasteiger partial charge in [0.15, 0.2) is 17.7 Å². The number of halogens is 1. The summed E-state index contributed by atoms with van der Waals surface area (Å²) in [4.78, 5) is 11.7. The van der Waals surface area contributed by atoms with Crippen LogP contribution in [0.25, 0.3) is 0 Å². The maximum atomic E-state index is 13.9. The van der Waals surface area contributed by atoms with Crippen molar-refractivity contribution in [3.8, 4) is 5.75 Å². The van der Waals surface area contributed by atoms with E-state index in [-0.39, 0.29) is 18.4 Å². The first kappa shape index (κ1) is 16.4. The van der Waals surface area contributed by atoms with Crippen molar-refractivity contribution < 1.29 is 18.7 Å². The van der Waals surface area contributed by atoms with Crippen LogP contribution in [0.15, 0.2) is 18.2 Å². The Labute approximate surface area is 119 Å². The van der Waals surface area contributed by atoms with Crippen molar-refractivity contribution in [2.24, 2.45) is 5.73 Å². The SMILES string of the molecule is CCCC(Oc1ccc([C@@H](C)N)cc1F)C(=O)OCC. The molecule has 5 heteroatoms. The molecule has 0 aliphatic carbocycles. The average Bonchev–Trinajstić information content (AvgIpc) is 2.40. The van der Waals surface area contributed by atoms with Gasteiger partial charge < -0.3 is 15.2 Å². The summed E-state index contributed by atoms with van der Waals surface area (Å²) >= 11 is 0. The van der Waals surface area contributed by atoms with Crippen LogP contribution < -0.4 is 10.5 Å². The van der Waals surface area contributed by atoms with E-state index in [1.165, 1.54) is 12.1 Å². The lowest BCUT2D eigenvalue weighted by Crippen LogP contribution is -2.29. The molecule has 0 heterocycles. The van der Waals surface area contributed by atoms with E-state index in [0.29, 0.717) is 12.0 Å². The number of ether oxygens (including phenoxy) is 2. The van der Waals surface area contributed by atoms with Crippen LogP contribution in [-0.4, -0.2) is 18.7 Å². The van der Waals surface area contributed by atoms with E-state index in [4.69, 9.17) is 15.2 Å². The number of nitrogens with two attached hydrogens (primary N) is 1. The van der Waals surface area contributed by atoms with Gasteiger partial charge in [-0.05, 0) is 38.0 Å². The van der Waals surface area contributed by atoms with Crippen LogP contribution in [0.4, 0.5) is 4.39 Å². The highest BCUT2D eigenvalue weighted by Crippen LogP contribution is 2.23. The summed E-state index contributed by atoms with van der Waals surface area (Å²) in [7, 11) is 0. The molecule has 0 bridgehead atoms. The molecule has 0 aliphatic rings. The number of benzene rings is 1. The molecular weight excluding hydrogens is 261 g/mol. The molecule has 0 radical (unpaired) electrons. The number of carbonyl (C=O) groups excluding carboxylic acids is 1. The van der Waals surface area contributed by atoms with Crippen LogP contribution in [0, 0.1) is 5.82 Å². The molecule has 0 aromatic heterocycles. The van der Waals surface area contributed by atoms with Crippen LogP contribution in [0.2, 0.25) is 0 Å². The molecule has 0 fully saturated rings. The van der Waals surface area contributed by atoms with E-state index < -0.39 is 17.9 Å². The Morgan fingerprint density at radius 2 is 2.10 bits per heavy atom. The lowest BCUT2D eigenvalue weighted by Gasteiger charge is -2.18. The van der Waals surface area contributed by atoms with Gasteiger partial charge in [-0.15, -0.1) is 0 Å². The fourth-order valence-electron chi connectivity index (χ4n) is 1.77. The minimum atomic E-state index is -0.782. The second-order valence-electron chi connectivity index (χ2n) is 4.63. The summed E-state index contributed by atoms with van der Waals surface area (Å²) in [6, 6.07) is 4.26. The number of carbonyl (C=O) groups is 1. The van der Waals surface area contributed by atoms with Crippen molar-refractivity contribution in [1.82, 2.24) is 0 Å². The van der Waals surface area contributed by atoms with Gasteiger partial charge in [0, 0.05) is 6.04 Å². The quantitative estimate of drug-likeness (QED) is 0.781. The standard InChI is InChI=1S/C15H22FNO3/c1-4-6-14(15(18)19-5-2)20-13-8-7-11(10(3)17)9-12(13)16/h7-10,14H,4-6,17H2,1-3H3/t10-,14?/m1/s1. The second kappa shape index (κ2) is 7.85. The van der Waals surface area contributed by atoms with Gasteiger partial charge in [-0.3, -0.25) is 0 Å². The first-order chi connectivity index (χ1) is 9.49. The fraction of sp³-hybridized carbons (Fsp3) is 0.533. The van der Waals surface area contributed by atoms with Gasteiger partial charge in [0.1, 0.15) is 0 Å². The second-order valence-corrected chi connectivity index (χ2v) is 4.63. The molecule has 4 nitrogen and oxygen atoms in total. The zero-order chi connectivity index (χ0) is 15.1. The monoisotopic (exact) mass is 283 g/mol. The van der Waals surface area contributed by atoms with Crippen molar-refractivity contribution >= 4 is 5.97 Å². The first-order valence-electron chi connectivity index (χ1n) is 6.87. The van der Waals surface area contributed by atoms with E-state index in [1.54, 1.807) is 19.9 Å². The molecule has 1 aromatic rings. The summed E-state index contributed by atoms with van der Waals surface area (Å²) in [5.41, 5.74) is 6.37. The van der Waals surface area contributed by atoms with Crippen molar-refractivity contribution in [3.05, 3.63) is 29.6 Å². The van der Waals surface area contributed by atoms with Gasteiger partial charge >= 0.3 is 5.97 Å². The maximum Gasteiger partial charge on any atom is 0.347 e. The minimum Gasteiger partial charge on any atom is -0.476 e. The maximum absolute atomic E-state index is 13.9. The molecular formula is C15H22FNO3. The predicted octanol–water partition coefficient (Wildman–Crippen LogP) is 2.96. The number of rotatable bonds is 7. The van der Waals surface area contributed by atoms with Crippen LogP contribution in [0.1, 0.15) is 45.2 Å². The zero-order valence-corrected chi connectivity index (χ0v) is 12.2. The minimum absolute atomic E-state index is 0.0425. The molecule has 0 saturated heterocycles. The largest absolute Gasteiger partial charge is 0.476 e. The highest BCUT2D eigenvalue weighted by molar-refractivity contribution is 5.75. The molecule has 0 spiro atoms. The lowest BCUT2D eigenvalue weighted by atomic mass is 10.1. The summed E-state index contributed by atoms with van der Waals surface area (Å²) in [6.07, 6.45) is 0.437. The molecule has 1 rings (SSSR count). The molecule has 0 aliphatic heterocycles. The van der Waals surface area contributed by atoms with Gasteiger partial charge in [-0.1, -0.05) is 19.4 Å². The Hall–Kier alpha value is -1.62. The summed E-state index contributed by atoms with van der Waals surface area (Å²) < 4.78 is 24.3. The van der Waals surface area contributed by atoms with Gasteiger partial charge in [-0.25, -0.2) is 9.18 Å². The molecule has 1 aromatic carbocycles. The van der Waals surface area contributed by atoms with E-state index in [1.807, 2.05) is 6.92 Å². The number of esters is 1. The molecule has 0 saturated carbocycles. The predicted molar refractivity (Wildman–Crippen MR) is 75.0 cm³/mol. The molecule has 112 valence electrons. The molecule has 2 atom stereocenters. The highest BCUT2D eigenvalue weighted by atomic mass is 19.1. The first-order valence-corrected chi connectivity index (χ1v) is 6.87. The summed E-state index contributed by atoms with van der Waals surface area (Å²) in [6.45, 7) is 5.69. The van der Waals surface area contributed by atoms with Crippen LogP contribution in [-0.2, 0) is 9.53 Å². The van der Waals surface area contributed by atoms with Crippen molar-refractivity contribution in [1.29, 1.82) is 0 Å². The average molecular weight is 283 g/mol. The zero-order valence-electron chi connectivity index (χ0n) is 12.2. The third-order valence-corrected chi connectivity index (χ3v) is 2.85. The van der Waals surface area contributed by atoms with Gasteiger partial charge in [0.2, 0.25) is 0 Å². The fourth-order valence-corrected chi connectivity index (χ4v) is 1.77. The smallest absolute Gasteiger partial charge is 0.347 e. The highest BCUT2D eigenvalue weighted by Gasteiger charge is 2.22. The lowest BCUT2D eigenvalue weighted by molar-refractivity contribution is -0.151. The number of hydrogen-bond donors (Lipinski definition) is 1.